The van der Waals surface area contributed by atoms with Gasteiger partial charge in [-0.3, -0.25) is 4.79 Å². The molecule has 0 saturated heterocycles. The van der Waals surface area contributed by atoms with Crippen LogP contribution in [0.5, 0.6) is 5.75 Å². The van der Waals surface area contributed by atoms with E-state index >= 15 is 0 Å². The molecule has 1 rings (SSSR count). The van der Waals surface area contributed by atoms with Gasteiger partial charge in [0.15, 0.2) is 5.75 Å². The second kappa shape index (κ2) is 6.50. The molecule has 1 aromatic carbocycles. The van der Waals surface area contributed by atoms with Gasteiger partial charge in [0.2, 0.25) is 0 Å². The Kier molecular flexibility index (Phi) is 6.26. The minimum absolute atomic E-state index is 0.311. The monoisotopic (exact) mass is 666 g/mol. The lowest BCUT2D eigenvalue weighted by Gasteiger charge is -2.14. The minimum Gasteiger partial charge on any atom is -0.425 e. The van der Waals surface area contributed by atoms with E-state index < -0.39 is 0 Å². The lowest BCUT2D eigenvalue weighted by Crippen LogP contribution is -2.08. The molecule has 0 heterocycles. The Labute approximate surface area is 149 Å². The molecule has 0 unspecified atom stereocenters. The SMILES string of the molecule is C=Cc1c(I)c(I)c(I)c(I)c1OC(C)=O. The van der Waals surface area contributed by atoms with E-state index in [9.17, 15) is 4.79 Å². The lowest BCUT2D eigenvalue weighted by molar-refractivity contribution is -0.131. The predicted octanol–water partition coefficient (Wildman–Crippen LogP) is 4.67. The molecule has 2 nitrogen and oxygen atoms in total. The molecule has 0 spiro atoms. The highest BCUT2D eigenvalue weighted by atomic mass is 127. The zero-order chi connectivity index (χ0) is 12.5. The zero-order valence-electron chi connectivity index (χ0n) is 8.11. The smallest absolute Gasteiger partial charge is 0.308 e. The van der Waals surface area contributed by atoms with Gasteiger partial charge in [-0.15, -0.1) is 0 Å². The maximum atomic E-state index is 11.1. The average Bonchev–Trinajstić information content (AvgIpc) is 2.23. The lowest BCUT2D eigenvalue weighted by atomic mass is 10.2. The van der Waals surface area contributed by atoms with Crippen molar-refractivity contribution in [3.63, 3.8) is 0 Å². The van der Waals surface area contributed by atoms with Crippen molar-refractivity contribution in [1.82, 2.24) is 0 Å². The fourth-order valence-corrected chi connectivity index (χ4v) is 4.57. The van der Waals surface area contributed by atoms with Crippen LogP contribution in [-0.2, 0) is 4.79 Å². The van der Waals surface area contributed by atoms with Crippen molar-refractivity contribution in [2.75, 3.05) is 0 Å². The van der Waals surface area contributed by atoms with E-state index in [1.165, 1.54) is 6.92 Å². The molecule has 0 amide bonds. The van der Waals surface area contributed by atoms with Gasteiger partial charge >= 0.3 is 5.97 Å². The van der Waals surface area contributed by atoms with Gasteiger partial charge in [-0.05, 0) is 90.4 Å². The van der Waals surface area contributed by atoms with Crippen molar-refractivity contribution in [2.24, 2.45) is 0 Å². The van der Waals surface area contributed by atoms with E-state index in [1.807, 2.05) is 0 Å². The first-order chi connectivity index (χ1) is 7.40. The van der Waals surface area contributed by atoms with E-state index in [1.54, 1.807) is 6.08 Å². The quantitative estimate of drug-likeness (QED) is 0.151. The van der Waals surface area contributed by atoms with E-state index in [4.69, 9.17) is 4.74 Å². The van der Waals surface area contributed by atoms with Crippen molar-refractivity contribution in [3.05, 3.63) is 26.4 Å². The molecule has 86 valence electrons. The predicted molar refractivity (Wildman–Crippen MR) is 98.7 cm³/mol. The molecular weight excluding hydrogens is 660 g/mol. The van der Waals surface area contributed by atoms with E-state index in [0.29, 0.717) is 5.75 Å². The number of hydrogen-bond donors (Lipinski definition) is 0. The molecular formula is C10H6I4O2. The Hall–Kier alpha value is 1.35. The Morgan fingerprint density at radius 2 is 1.62 bits per heavy atom. The molecule has 0 atom stereocenters. The summed E-state index contributed by atoms with van der Waals surface area (Å²) in [6.45, 7) is 5.17. The van der Waals surface area contributed by atoms with E-state index in [2.05, 4.69) is 96.9 Å². The summed E-state index contributed by atoms with van der Waals surface area (Å²) in [5.41, 5.74) is 0.880. The van der Waals surface area contributed by atoms with Crippen LogP contribution in [0.2, 0.25) is 0 Å². The molecule has 0 N–H and O–H groups in total. The largest absolute Gasteiger partial charge is 0.425 e. The van der Waals surface area contributed by atoms with Gasteiger partial charge in [-0.2, -0.15) is 0 Å². The number of esters is 1. The Bertz CT molecular complexity index is 469. The molecule has 0 radical (unpaired) electrons. The van der Waals surface area contributed by atoms with Crippen LogP contribution >= 0.6 is 90.4 Å². The normalized spacial score (nSPS) is 10.1. The topological polar surface area (TPSA) is 26.3 Å². The van der Waals surface area contributed by atoms with Crippen LogP contribution in [0.15, 0.2) is 6.58 Å². The second-order valence-electron chi connectivity index (χ2n) is 2.80. The van der Waals surface area contributed by atoms with Crippen LogP contribution < -0.4 is 4.74 Å². The van der Waals surface area contributed by atoms with Crippen molar-refractivity contribution in [3.8, 4) is 5.75 Å². The average molecular weight is 666 g/mol. The number of halogens is 4. The van der Waals surface area contributed by atoms with Gasteiger partial charge < -0.3 is 4.74 Å². The van der Waals surface area contributed by atoms with Gasteiger partial charge in [0, 0.05) is 23.2 Å². The highest BCUT2D eigenvalue weighted by Crippen LogP contribution is 2.38. The zero-order valence-corrected chi connectivity index (χ0v) is 16.7. The second-order valence-corrected chi connectivity index (χ2v) is 7.11. The molecule has 0 saturated carbocycles. The van der Waals surface area contributed by atoms with Crippen LogP contribution in [-0.4, -0.2) is 5.97 Å². The van der Waals surface area contributed by atoms with E-state index in [0.717, 1.165) is 19.8 Å². The van der Waals surface area contributed by atoms with Gasteiger partial charge in [0.05, 0.1) is 3.57 Å². The van der Waals surface area contributed by atoms with Crippen LogP contribution in [0, 0.1) is 14.3 Å². The minimum atomic E-state index is -0.311. The maximum absolute atomic E-state index is 11.1. The van der Waals surface area contributed by atoms with Gasteiger partial charge in [0.1, 0.15) is 0 Å². The highest BCUT2D eigenvalue weighted by molar-refractivity contribution is 14.1. The summed E-state index contributed by atoms with van der Waals surface area (Å²) in [4.78, 5) is 11.1. The van der Waals surface area contributed by atoms with Gasteiger partial charge in [-0.1, -0.05) is 12.7 Å². The first-order valence-electron chi connectivity index (χ1n) is 4.07. The molecule has 0 aliphatic carbocycles. The van der Waals surface area contributed by atoms with Crippen LogP contribution in [0.3, 0.4) is 0 Å². The summed E-state index contributed by atoms with van der Waals surface area (Å²) in [6, 6.07) is 0. The van der Waals surface area contributed by atoms with E-state index in [-0.39, 0.29) is 5.97 Å². The highest BCUT2D eigenvalue weighted by Gasteiger charge is 2.19. The maximum Gasteiger partial charge on any atom is 0.308 e. The Morgan fingerprint density at radius 3 is 2.06 bits per heavy atom. The molecule has 1 aromatic rings. The van der Waals surface area contributed by atoms with Gasteiger partial charge in [0.25, 0.3) is 0 Å². The summed E-state index contributed by atoms with van der Waals surface area (Å²) in [6.07, 6.45) is 1.72. The standard InChI is InChI=1S/C10H6I4O2/c1-3-5-6(11)7(12)8(13)9(14)10(5)16-4(2)15/h3H,1H2,2H3. The first kappa shape index (κ1) is 15.4. The van der Waals surface area contributed by atoms with Crippen LogP contribution in [0.1, 0.15) is 12.5 Å². The van der Waals surface area contributed by atoms with Crippen molar-refractivity contribution < 1.29 is 9.53 Å². The van der Waals surface area contributed by atoms with Crippen LogP contribution in [0.25, 0.3) is 6.08 Å². The van der Waals surface area contributed by atoms with Crippen molar-refractivity contribution in [2.45, 2.75) is 6.92 Å². The molecule has 16 heavy (non-hydrogen) atoms. The fraction of sp³-hybridized carbons (Fsp3) is 0.100. The molecule has 0 aliphatic heterocycles. The van der Waals surface area contributed by atoms with Crippen LogP contribution in [0.4, 0.5) is 0 Å². The summed E-state index contributed by atoms with van der Waals surface area (Å²) in [5.74, 6) is 0.297. The number of ether oxygens (including phenoxy) is 1. The number of benzene rings is 1. The third-order valence-corrected chi connectivity index (χ3v) is 9.11. The number of carbonyl (C=O) groups is 1. The fourth-order valence-electron chi connectivity index (χ4n) is 1.05. The first-order valence-corrected chi connectivity index (χ1v) is 8.38. The number of carbonyl (C=O) groups excluding carboxylic acids is 1. The summed E-state index contributed by atoms with van der Waals surface area (Å²) >= 11 is 8.97. The third kappa shape index (κ3) is 3.22. The summed E-state index contributed by atoms with van der Waals surface area (Å²) in [7, 11) is 0. The third-order valence-electron chi connectivity index (χ3n) is 1.71. The molecule has 0 aliphatic rings. The Balaban J connectivity index is 3.57. The van der Waals surface area contributed by atoms with Crippen molar-refractivity contribution >= 4 is 102 Å². The summed E-state index contributed by atoms with van der Waals surface area (Å²) < 4.78 is 9.53. The molecule has 0 fully saturated rings. The Morgan fingerprint density at radius 1 is 1.12 bits per heavy atom. The number of hydrogen-bond acceptors (Lipinski definition) is 2. The van der Waals surface area contributed by atoms with Gasteiger partial charge in [-0.25, -0.2) is 0 Å². The summed E-state index contributed by atoms with van der Waals surface area (Å²) in [5, 5.41) is 0. The van der Waals surface area contributed by atoms with Crippen molar-refractivity contribution in [1.29, 1.82) is 0 Å². The molecule has 0 aromatic heterocycles. The number of rotatable bonds is 2. The molecule has 6 heteroatoms. The molecule has 0 bridgehead atoms.